The first kappa shape index (κ1) is 11.5. The van der Waals surface area contributed by atoms with Crippen LogP contribution in [0.1, 0.15) is 12.8 Å². The van der Waals surface area contributed by atoms with Crippen LogP contribution in [0.3, 0.4) is 0 Å². The van der Waals surface area contributed by atoms with Gasteiger partial charge in [0.25, 0.3) is 0 Å². The molecule has 0 saturated carbocycles. The van der Waals surface area contributed by atoms with E-state index in [0.29, 0.717) is 12.5 Å². The number of carbonyl (C=O) groups is 1. The molecule has 2 atom stereocenters. The Bertz CT molecular complexity index is 197. The first-order valence-corrected chi connectivity index (χ1v) is 5.13. The van der Waals surface area contributed by atoms with Gasteiger partial charge in [0.05, 0.1) is 13.0 Å². The van der Waals surface area contributed by atoms with Crippen LogP contribution in [0.2, 0.25) is 0 Å². The largest absolute Gasteiger partial charge is 0.469 e. The molecule has 0 aromatic carbocycles. The third-order valence-corrected chi connectivity index (χ3v) is 2.93. The zero-order valence-electron chi connectivity index (χ0n) is 9.03. The lowest BCUT2D eigenvalue weighted by Crippen LogP contribution is -2.28. The fraction of sp³-hybridized carbons (Fsp3) is 0.900. The van der Waals surface area contributed by atoms with Gasteiger partial charge in [-0.05, 0) is 32.4 Å². The van der Waals surface area contributed by atoms with Crippen molar-refractivity contribution in [2.45, 2.75) is 12.8 Å². The van der Waals surface area contributed by atoms with Crippen molar-refractivity contribution < 1.29 is 9.53 Å². The zero-order chi connectivity index (χ0) is 10.6. The summed E-state index contributed by atoms with van der Waals surface area (Å²) in [5.41, 5.74) is 5.55. The summed E-state index contributed by atoms with van der Waals surface area (Å²) in [6.07, 6.45) is 2.04. The fourth-order valence-electron chi connectivity index (χ4n) is 2.08. The summed E-state index contributed by atoms with van der Waals surface area (Å²) in [6.45, 7) is 2.60. The van der Waals surface area contributed by atoms with Crippen molar-refractivity contribution >= 4 is 5.97 Å². The summed E-state index contributed by atoms with van der Waals surface area (Å²) in [6, 6.07) is 0. The standard InChI is InChI=1S/C10H20N2O2/c1-12-4-3-8(7-12)5-9(6-11)10(13)14-2/h8-9H,3-7,11H2,1-2H3. The average molecular weight is 200 g/mol. The minimum atomic E-state index is -0.165. The molecular weight excluding hydrogens is 180 g/mol. The second-order valence-electron chi connectivity index (χ2n) is 4.11. The van der Waals surface area contributed by atoms with Gasteiger partial charge in [0.1, 0.15) is 0 Å². The van der Waals surface area contributed by atoms with Crippen LogP contribution in [0.15, 0.2) is 0 Å². The van der Waals surface area contributed by atoms with Crippen molar-refractivity contribution in [1.29, 1.82) is 0 Å². The Labute approximate surface area is 85.4 Å². The van der Waals surface area contributed by atoms with Crippen molar-refractivity contribution in [1.82, 2.24) is 4.90 Å². The van der Waals surface area contributed by atoms with Crippen LogP contribution in [-0.2, 0) is 9.53 Å². The molecule has 1 saturated heterocycles. The number of nitrogens with zero attached hydrogens (tertiary/aromatic N) is 1. The lowest BCUT2D eigenvalue weighted by molar-refractivity contribution is -0.145. The molecule has 0 amide bonds. The number of methoxy groups -OCH3 is 1. The van der Waals surface area contributed by atoms with Gasteiger partial charge in [0, 0.05) is 13.1 Å². The molecule has 0 radical (unpaired) electrons. The number of nitrogens with two attached hydrogens (primary N) is 1. The maximum atomic E-state index is 11.3. The van der Waals surface area contributed by atoms with Gasteiger partial charge >= 0.3 is 5.97 Å². The third kappa shape index (κ3) is 2.96. The lowest BCUT2D eigenvalue weighted by Gasteiger charge is -2.16. The highest BCUT2D eigenvalue weighted by atomic mass is 16.5. The molecule has 14 heavy (non-hydrogen) atoms. The molecular formula is C10H20N2O2. The molecule has 0 aromatic rings. The summed E-state index contributed by atoms with van der Waals surface area (Å²) in [7, 11) is 3.53. The Morgan fingerprint density at radius 1 is 1.71 bits per heavy atom. The number of rotatable bonds is 4. The van der Waals surface area contributed by atoms with Gasteiger partial charge in [-0.2, -0.15) is 0 Å². The van der Waals surface area contributed by atoms with E-state index in [-0.39, 0.29) is 11.9 Å². The predicted octanol–water partition coefficient (Wildman–Crippen LogP) is 0.0761. The molecule has 2 unspecified atom stereocenters. The van der Waals surface area contributed by atoms with Crippen LogP contribution in [0.25, 0.3) is 0 Å². The van der Waals surface area contributed by atoms with Gasteiger partial charge in [-0.25, -0.2) is 0 Å². The number of carbonyl (C=O) groups excluding carboxylic acids is 1. The highest BCUT2D eigenvalue weighted by Crippen LogP contribution is 2.22. The normalized spacial score (nSPS) is 24.9. The van der Waals surface area contributed by atoms with E-state index in [9.17, 15) is 4.79 Å². The van der Waals surface area contributed by atoms with Gasteiger partial charge < -0.3 is 15.4 Å². The van der Waals surface area contributed by atoms with Crippen molar-refractivity contribution in [2.75, 3.05) is 33.8 Å². The van der Waals surface area contributed by atoms with E-state index in [0.717, 1.165) is 19.5 Å². The molecule has 2 N–H and O–H groups in total. The van der Waals surface area contributed by atoms with Gasteiger partial charge in [-0.15, -0.1) is 0 Å². The molecule has 0 spiro atoms. The van der Waals surface area contributed by atoms with Gasteiger partial charge in [-0.3, -0.25) is 4.79 Å². The van der Waals surface area contributed by atoms with Gasteiger partial charge in [-0.1, -0.05) is 0 Å². The first-order chi connectivity index (χ1) is 6.67. The molecule has 0 bridgehead atoms. The molecule has 1 heterocycles. The van der Waals surface area contributed by atoms with Crippen LogP contribution >= 0.6 is 0 Å². The highest BCUT2D eigenvalue weighted by Gasteiger charge is 2.26. The third-order valence-electron chi connectivity index (χ3n) is 2.93. The Kier molecular flexibility index (Phi) is 4.35. The predicted molar refractivity (Wildman–Crippen MR) is 54.8 cm³/mol. The van der Waals surface area contributed by atoms with Crippen LogP contribution in [0, 0.1) is 11.8 Å². The maximum absolute atomic E-state index is 11.3. The zero-order valence-corrected chi connectivity index (χ0v) is 9.03. The summed E-state index contributed by atoms with van der Waals surface area (Å²) in [5, 5.41) is 0. The van der Waals surface area contributed by atoms with Crippen LogP contribution in [0.4, 0.5) is 0 Å². The molecule has 0 aromatic heterocycles. The van der Waals surface area contributed by atoms with Gasteiger partial charge in [0.15, 0.2) is 0 Å². The fourth-order valence-corrected chi connectivity index (χ4v) is 2.08. The second-order valence-corrected chi connectivity index (χ2v) is 4.11. The molecule has 4 nitrogen and oxygen atoms in total. The molecule has 1 aliphatic rings. The van der Waals surface area contributed by atoms with Crippen molar-refractivity contribution in [3.63, 3.8) is 0 Å². The quantitative estimate of drug-likeness (QED) is 0.653. The minimum Gasteiger partial charge on any atom is -0.469 e. The number of hydrogen-bond donors (Lipinski definition) is 1. The van der Waals surface area contributed by atoms with Crippen molar-refractivity contribution in [3.8, 4) is 0 Å². The first-order valence-electron chi connectivity index (χ1n) is 5.13. The number of likely N-dealkylation sites (tertiary alicyclic amines) is 1. The van der Waals surface area contributed by atoms with E-state index < -0.39 is 0 Å². The maximum Gasteiger partial charge on any atom is 0.309 e. The Balaban J connectivity index is 2.36. The Morgan fingerprint density at radius 2 is 2.43 bits per heavy atom. The molecule has 4 heteroatoms. The summed E-state index contributed by atoms with van der Waals surface area (Å²) >= 11 is 0. The summed E-state index contributed by atoms with van der Waals surface area (Å²) < 4.78 is 4.71. The topological polar surface area (TPSA) is 55.6 Å². The Hall–Kier alpha value is -0.610. The molecule has 1 rings (SSSR count). The van der Waals surface area contributed by atoms with Gasteiger partial charge in [0.2, 0.25) is 0 Å². The molecule has 1 aliphatic heterocycles. The number of hydrogen-bond acceptors (Lipinski definition) is 4. The SMILES string of the molecule is COC(=O)C(CN)CC1CCN(C)C1. The second kappa shape index (κ2) is 5.32. The van der Waals surface area contributed by atoms with E-state index in [1.165, 1.54) is 13.5 Å². The monoisotopic (exact) mass is 200 g/mol. The van der Waals surface area contributed by atoms with E-state index in [1.807, 2.05) is 0 Å². The summed E-state index contributed by atoms with van der Waals surface area (Å²) in [4.78, 5) is 13.6. The lowest BCUT2D eigenvalue weighted by atomic mass is 9.94. The smallest absolute Gasteiger partial charge is 0.309 e. The molecule has 0 aliphatic carbocycles. The number of ether oxygens (including phenoxy) is 1. The van der Waals surface area contributed by atoms with E-state index >= 15 is 0 Å². The number of esters is 1. The minimum absolute atomic E-state index is 0.114. The van der Waals surface area contributed by atoms with Crippen LogP contribution in [-0.4, -0.2) is 44.7 Å². The Morgan fingerprint density at radius 3 is 2.86 bits per heavy atom. The van der Waals surface area contributed by atoms with E-state index in [4.69, 9.17) is 10.5 Å². The summed E-state index contributed by atoms with van der Waals surface area (Å²) in [5.74, 6) is 0.325. The van der Waals surface area contributed by atoms with E-state index in [1.54, 1.807) is 0 Å². The molecule has 1 fully saturated rings. The van der Waals surface area contributed by atoms with Crippen molar-refractivity contribution in [2.24, 2.45) is 17.6 Å². The van der Waals surface area contributed by atoms with Crippen LogP contribution < -0.4 is 5.73 Å². The van der Waals surface area contributed by atoms with Crippen LogP contribution in [0.5, 0.6) is 0 Å². The van der Waals surface area contributed by atoms with Crippen molar-refractivity contribution in [3.05, 3.63) is 0 Å². The average Bonchev–Trinajstić information content (AvgIpc) is 2.59. The molecule has 82 valence electrons. The van der Waals surface area contributed by atoms with E-state index in [2.05, 4.69) is 11.9 Å². The highest BCUT2D eigenvalue weighted by molar-refractivity contribution is 5.72.